The van der Waals surface area contributed by atoms with Crippen LogP contribution >= 0.6 is 0 Å². The maximum absolute atomic E-state index is 13.5. The first kappa shape index (κ1) is 49.4. The van der Waals surface area contributed by atoms with Crippen LogP contribution in [0.15, 0.2) is 100 Å². The largest absolute Gasteiger partial charge is 0.445 e. The number of alkyl carbamates (subject to hydrolysis) is 1. The van der Waals surface area contributed by atoms with Gasteiger partial charge in [0.2, 0.25) is 25.9 Å². The summed E-state index contributed by atoms with van der Waals surface area (Å²) in [5, 5.41) is 11.2. The fourth-order valence-corrected chi connectivity index (χ4v) is 14.3. The van der Waals surface area contributed by atoms with Gasteiger partial charge in [-0.3, -0.25) is 0 Å². The summed E-state index contributed by atoms with van der Waals surface area (Å²) in [6.07, 6.45) is 15.1. The van der Waals surface area contributed by atoms with Crippen LogP contribution in [-0.4, -0.2) is 76.4 Å². The molecule has 366 valence electrons. The summed E-state index contributed by atoms with van der Waals surface area (Å²) in [4.78, 5) is 21.9. The second kappa shape index (κ2) is 23.5. The molecule has 9 rings (SSSR count). The number of carbonyl (C=O) groups excluding carboxylic acids is 1. The van der Waals surface area contributed by atoms with Gasteiger partial charge in [0.1, 0.15) is 18.7 Å². The summed E-state index contributed by atoms with van der Waals surface area (Å²) in [5.41, 5.74) is 8.77. The molecule has 4 fully saturated rings. The average Bonchev–Trinajstić information content (AvgIpc) is 4.08. The molecule has 3 aromatic carbocycles. The fourth-order valence-electron chi connectivity index (χ4n) is 10.1. The fraction of sp³-hybridized carbons (Fsp3) is 0.540. The van der Waals surface area contributed by atoms with Crippen LogP contribution in [0.1, 0.15) is 167 Å². The van der Waals surface area contributed by atoms with E-state index in [-0.39, 0.29) is 41.9 Å². The number of piperidine rings is 2. The summed E-state index contributed by atoms with van der Waals surface area (Å²) < 4.78 is 73.2. The van der Waals surface area contributed by atoms with Crippen molar-refractivity contribution >= 4 is 26.1 Å². The second-order valence-corrected chi connectivity index (χ2v) is 22.7. The number of nitrogens with zero attached hydrogens (tertiary/aromatic N) is 6. The van der Waals surface area contributed by atoms with E-state index < -0.39 is 44.3 Å². The van der Waals surface area contributed by atoms with E-state index in [0.717, 1.165) is 93.7 Å². The van der Waals surface area contributed by atoms with E-state index in [4.69, 9.17) is 19.5 Å². The van der Waals surface area contributed by atoms with Crippen molar-refractivity contribution in [2.24, 2.45) is 17.6 Å². The lowest BCUT2D eigenvalue weighted by molar-refractivity contribution is 0.135. The van der Waals surface area contributed by atoms with Crippen LogP contribution in [0.2, 0.25) is 0 Å². The third kappa shape index (κ3) is 13.0. The Morgan fingerprint density at radius 1 is 0.603 bits per heavy atom. The first-order valence-corrected chi connectivity index (χ1v) is 27.7. The van der Waals surface area contributed by atoms with Gasteiger partial charge in [0.05, 0.1) is 23.6 Å². The molecule has 1 amide bonds. The molecular weight excluding hydrogens is 905 g/mol. The van der Waals surface area contributed by atoms with Gasteiger partial charge in [-0.05, 0) is 79.9 Å². The van der Waals surface area contributed by atoms with Crippen molar-refractivity contribution in [3.63, 3.8) is 0 Å². The Morgan fingerprint density at radius 3 is 1.56 bits per heavy atom. The molecule has 4 aliphatic rings. The van der Waals surface area contributed by atoms with Crippen LogP contribution in [0, 0.1) is 11.8 Å². The number of nitrogens with one attached hydrogen (secondary N) is 1. The number of ether oxygens (including phenoxy) is 1. The molecular formula is C50H66N8O8S2. The maximum Gasteiger partial charge on any atom is 0.408 e. The molecule has 16 nitrogen and oxygen atoms in total. The van der Waals surface area contributed by atoms with Gasteiger partial charge in [-0.2, -0.15) is 18.6 Å². The highest BCUT2D eigenvalue weighted by Crippen LogP contribution is 2.37. The molecule has 2 saturated carbocycles. The van der Waals surface area contributed by atoms with Gasteiger partial charge in [-0.1, -0.05) is 153 Å². The number of nitrogens with two attached hydrogens (primary N) is 1. The van der Waals surface area contributed by atoms with E-state index in [1.807, 2.05) is 91.0 Å². The molecule has 4 heterocycles. The minimum absolute atomic E-state index is 0.124. The zero-order chi connectivity index (χ0) is 47.4. The van der Waals surface area contributed by atoms with Crippen molar-refractivity contribution in [3.05, 3.63) is 131 Å². The van der Waals surface area contributed by atoms with Gasteiger partial charge in [0, 0.05) is 13.1 Å². The number of hydrogen-bond acceptors (Lipinski definition) is 13. The van der Waals surface area contributed by atoms with Gasteiger partial charge >= 0.3 is 6.09 Å². The summed E-state index contributed by atoms with van der Waals surface area (Å²) in [6.45, 7) is 1.10. The minimum atomic E-state index is -3.47. The van der Waals surface area contributed by atoms with Crippen molar-refractivity contribution in [1.82, 2.24) is 34.2 Å². The van der Waals surface area contributed by atoms with Crippen LogP contribution in [0.5, 0.6) is 0 Å². The SMILES string of the molecule is N[C@@H](c1ccccc1)c1nc([C@@H]2CCCCN2S(=O)(=O)CC2CCCCC2)no1.O=C(N[C@@H](c1ccccc1)c1nc([C@@H]2CCCCN2S(=O)(=O)CC2CCCCC2)no1)OCc1ccccc1. The molecule has 2 aliphatic heterocycles. The maximum atomic E-state index is 13.5. The zero-order valence-corrected chi connectivity index (χ0v) is 40.4. The first-order chi connectivity index (χ1) is 33.0. The quantitative estimate of drug-likeness (QED) is 0.100. The molecule has 2 saturated heterocycles. The van der Waals surface area contributed by atoms with E-state index in [1.165, 1.54) is 12.8 Å². The summed E-state index contributed by atoms with van der Waals surface area (Å²) in [7, 11) is -6.84. The Kier molecular flexibility index (Phi) is 17.1. The number of hydrogen-bond donors (Lipinski definition) is 2. The summed E-state index contributed by atoms with van der Waals surface area (Å²) in [5.74, 6) is 2.15. The van der Waals surface area contributed by atoms with Crippen LogP contribution in [0.4, 0.5) is 4.79 Å². The van der Waals surface area contributed by atoms with Crippen molar-refractivity contribution in [2.45, 2.75) is 134 Å². The Bertz CT molecular complexity index is 2550. The highest BCUT2D eigenvalue weighted by Gasteiger charge is 2.40. The highest BCUT2D eigenvalue weighted by molar-refractivity contribution is 7.89. The molecule has 2 aromatic heterocycles. The number of amides is 1. The highest BCUT2D eigenvalue weighted by atomic mass is 32.2. The molecule has 2 aliphatic carbocycles. The summed E-state index contributed by atoms with van der Waals surface area (Å²) >= 11 is 0. The van der Waals surface area contributed by atoms with Crippen LogP contribution < -0.4 is 11.1 Å². The zero-order valence-electron chi connectivity index (χ0n) is 38.8. The molecule has 0 bridgehead atoms. The smallest absolute Gasteiger partial charge is 0.408 e. The number of benzene rings is 3. The minimum Gasteiger partial charge on any atom is -0.445 e. The Balaban J connectivity index is 0.000000192. The summed E-state index contributed by atoms with van der Waals surface area (Å²) in [6, 6.07) is 26.2. The monoisotopic (exact) mass is 970 g/mol. The second-order valence-electron chi connectivity index (χ2n) is 18.7. The average molecular weight is 971 g/mol. The van der Waals surface area contributed by atoms with Gasteiger partial charge < -0.3 is 24.8 Å². The van der Waals surface area contributed by atoms with Gasteiger partial charge in [-0.15, -0.1) is 0 Å². The molecule has 4 atom stereocenters. The van der Waals surface area contributed by atoms with Crippen LogP contribution in [-0.2, 0) is 31.4 Å². The lowest BCUT2D eigenvalue weighted by atomic mass is 9.91. The Morgan fingerprint density at radius 2 is 1.04 bits per heavy atom. The standard InChI is InChI=1S/C29H36N4O5S.C21H30N4O3S/c34-29(37-20-22-12-4-1-5-13-22)30-26(24-16-8-3-9-17-24)28-31-27(32-38-28)25-18-10-11-19-33(25)39(35,36)21-23-14-6-2-7-15-23;22-19(17-11-5-2-6-12-17)21-23-20(24-28-21)18-13-7-8-14-25(18)29(26,27)15-16-9-3-1-4-10-16/h1,3-5,8-9,12-13,16-17,23,25-26H,2,6-7,10-11,14-15,18-21H2,(H,30,34);2,5-6,11-12,16,18-19H,1,3-4,7-10,13-15,22H2/t25-,26-;18-,19-/m00/s1. The number of carbonyl (C=O) groups is 1. The van der Waals surface area contributed by atoms with E-state index >= 15 is 0 Å². The van der Waals surface area contributed by atoms with Crippen molar-refractivity contribution < 1.29 is 35.4 Å². The molecule has 3 N–H and O–H groups in total. The van der Waals surface area contributed by atoms with Crippen molar-refractivity contribution in [3.8, 4) is 0 Å². The number of aromatic nitrogens is 4. The van der Waals surface area contributed by atoms with Crippen molar-refractivity contribution in [2.75, 3.05) is 24.6 Å². The number of sulfonamides is 2. The molecule has 0 spiro atoms. The lowest BCUT2D eigenvalue weighted by Gasteiger charge is -2.34. The van der Waals surface area contributed by atoms with Crippen LogP contribution in [0.3, 0.4) is 0 Å². The Hall–Kier alpha value is -5.01. The Labute approximate surface area is 400 Å². The molecule has 18 heteroatoms. The predicted octanol–water partition coefficient (Wildman–Crippen LogP) is 9.08. The van der Waals surface area contributed by atoms with Crippen LogP contribution in [0.25, 0.3) is 0 Å². The van der Waals surface area contributed by atoms with E-state index in [2.05, 4.69) is 25.6 Å². The van der Waals surface area contributed by atoms with Crippen molar-refractivity contribution in [1.29, 1.82) is 0 Å². The first-order valence-electron chi connectivity index (χ1n) is 24.5. The molecule has 0 radical (unpaired) electrons. The van der Waals surface area contributed by atoms with Gasteiger partial charge in [0.15, 0.2) is 11.6 Å². The number of rotatable bonds is 15. The molecule has 68 heavy (non-hydrogen) atoms. The van der Waals surface area contributed by atoms with E-state index in [0.29, 0.717) is 43.5 Å². The topological polar surface area (TPSA) is 217 Å². The van der Waals surface area contributed by atoms with E-state index in [1.54, 1.807) is 8.61 Å². The lowest BCUT2D eigenvalue weighted by Crippen LogP contribution is -2.41. The third-order valence-electron chi connectivity index (χ3n) is 13.8. The third-order valence-corrected chi connectivity index (χ3v) is 17.8. The van der Waals surface area contributed by atoms with E-state index in [9.17, 15) is 21.6 Å². The normalized spacial score (nSPS) is 21.2. The predicted molar refractivity (Wildman–Crippen MR) is 256 cm³/mol. The molecule has 5 aromatic rings. The molecule has 0 unspecified atom stereocenters. The van der Waals surface area contributed by atoms with Gasteiger partial charge in [-0.25, -0.2) is 21.6 Å². The van der Waals surface area contributed by atoms with Gasteiger partial charge in [0.25, 0.3) is 5.89 Å².